The summed E-state index contributed by atoms with van der Waals surface area (Å²) in [4.78, 5) is 10.4. The monoisotopic (exact) mass is 476 g/mol. The molecule has 4 nitrogen and oxygen atoms in total. The Morgan fingerprint density at radius 3 is 2.60 bits per heavy atom. The van der Waals surface area contributed by atoms with Gasteiger partial charge in [0.2, 0.25) is 0 Å². The van der Waals surface area contributed by atoms with Gasteiger partial charge in [-0.15, -0.1) is 35.3 Å². The van der Waals surface area contributed by atoms with E-state index >= 15 is 0 Å². The maximum absolute atomic E-state index is 13.3. The molecular weight excluding hydrogens is 450 g/mol. The second-order valence-corrected chi connectivity index (χ2v) is 6.99. The van der Waals surface area contributed by atoms with Gasteiger partial charge in [-0.25, -0.2) is 14.4 Å². The Labute approximate surface area is 170 Å². The lowest BCUT2D eigenvalue weighted by atomic mass is 10.1. The summed E-state index contributed by atoms with van der Waals surface area (Å²) in [5, 5.41) is 7.70. The molecule has 138 valence electrons. The van der Waals surface area contributed by atoms with Crippen LogP contribution in [0.15, 0.2) is 23.2 Å². The molecule has 2 rings (SSSR count). The lowest BCUT2D eigenvalue weighted by Crippen LogP contribution is -2.38. The van der Waals surface area contributed by atoms with E-state index in [9.17, 15) is 4.39 Å². The van der Waals surface area contributed by atoms with Crippen LogP contribution < -0.4 is 10.6 Å². The minimum absolute atomic E-state index is 0. The van der Waals surface area contributed by atoms with Gasteiger partial charge in [-0.3, -0.25) is 0 Å². The molecule has 1 heterocycles. The quantitative estimate of drug-likeness (QED) is 0.375. The Balaban J connectivity index is 0.00000312. The van der Waals surface area contributed by atoms with Gasteiger partial charge in [-0.2, -0.15) is 0 Å². The number of nitrogens with one attached hydrogen (secondary N) is 2. The molecule has 0 aliphatic rings. The Morgan fingerprint density at radius 2 is 2.00 bits per heavy atom. The van der Waals surface area contributed by atoms with Crippen molar-refractivity contribution in [3.8, 4) is 0 Å². The highest BCUT2D eigenvalue weighted by Crippen LogP contribution is 2.16. The van der Waals surface area contributed by atoms with Crippen LogP contribution in [-0.2, 0) is 13.0 Å². The maximum Gasteiger partial charge on any atom is 0.191 e. The van der Waals surface area contributed by atoms with Gasteiger partial charge in [0.1, 0.15) is 5.82 Å². The topological polar surface area (TPSA) is 49.3 Å². The van der Waals surface area contributed by atoms with E-state index in [-0.39, 0.29) is 29.8 Å². The SMILES string of the molecule is CCNC(=NCc1ccc(F)c(C)c1)NCCc1nc(C)c(C)s1.I. The molecule has 2 N–H and O–H groups in total. The zero-order valence-electron chi connectivity index (χ0n) is 15.1. The molecule has 7 heteroatoms. The highest BCUT2D eigenvalue weighted by atomic mass is 127. The first-order valence-electron chi connectivity index (χ1n) is 8.19. The van der Waals surface area contributed by atoms with E-state index < -0.39 is 0 Å². The van der Waals surface area contributed by atoms with Gasteiger partial charge in [0, 0.05) is 24.4 Å². The van der Waals surface area contributed by atoms with Crippen molar-refractivity contribution in [3.63, 3.8) is 0 Å². The number of rotatable bonds is 6. The van der Waals surface area contributed by atoms with Gasteiger partial charge in [0.25, 0.3) is 0 Å². The lowest BCUT2D eigenvalue weighted by Gasteiger charge is -2.11. The number of hydrogen-bond acceptors (Lipinski definition) is 3. The summed E-state index contributed by atoms with van der Waals surface area (Å²) in [6, 6.07) is 5.10. The smallest absolute Gasteiger partial charge is 0.191 e. The summed E-state index contributed by atoms with van der Waals surface area (Å²) in [7, 11) is 0. The second kappa shape index (κ2) is 10.7. The molecule has 0 saturated heterocycles. The number of aromatic nitrogens is 1. The molecule has 25 heavy (non-hydrogen) atoms. The van der Waals surface area contributed by atoms with E-state index in [1.54, 1.807) is 24.3 Å². The normalized spacial score (nSPS) is 11.2. The minimum atomic E-state index is -0.179. The van der Waals surface area contributed by atoms with Crippen molar-refractivity contribution in [2.45, 2.75) is 40.7 Å². The Hall–Kier alpha value is -1.22. The summed E-state index contributed by atoms with van der Waals surface area (Å²) in [5.74, 6) is 0.589. The zero-order valence-corrected chi connectivity index (χ0v) is 18.3. The molecule has 0 atom stereocenters. The fourth-order valence-electron chi connectivity index (χ4n) is 2.25. The Bertz CT molecular complexity index is 696. The van der Waals surface area contributed by atoms with Crippen LogP contribution in [0.2, 0.25) is 0 Å². The number of aryl methyl sites for hydroxylation is 3. The van der Waals surface area contributed by atoms with Crippen molar-refractivity contribution in [2.75, 3.05) is 13.1 Å². The Morgan fingerprint density at radius 1 is 1.24 bits per heavy atom. The summed E-state index contributed by atoms with van der Waals surface area (Å²) >= 11 is 1.75. The molecule has 0 aliphatic heterocycles. The summed E-state index contributed by atoms with van der Waals surface area (Å²) < 4.78 is 13.3. The van der Waals surface area contributed by atoms with Gasteiger partial charge in [0.05, 0.1) is 17.2 Å². The average Bonchev–Trinajstić information content (AvgIpc) is 2.86. The zero-order chi connectivity index (χ0) is 17.5. The second-order valence-electron chi connectivity index (χ2n) is 5.70. The first-order chi connectivity index (χ1) is 11.5. The average molecular weight is 476 g/mol. The van der Waals surface area contributed by atoms with Crippen LogP contribution in [0.3, 0.4) is 0 Å². The van der Waals surface area contributed by atoms with Gasteiger partial charge < -0.3 is 10.6 Å². The molecule has 0 fully saturated rings. The molecule has 0 radical (unpaired) electrons. The largest absolute Gasteiger partial charge is 0.357 e. The van der Waals surface area contributed by atoms with Crippen LogP contribution in [0.25, 0.3) is 0 Å². The van der Waals surface area contributed by atoms with Gasteiger partial charge in [-0.1, -0.05) is 12.1 Å². The number of nitrogens with zero attached hydrogens (tertiary/aromatic N) is 2. The number of hydrogen-bond donors (Lipinski definition) is 2. The summed E-state index contributed by atoms with van der Waals surface area (Å²) in [6.45, 7) is 10.0. The molecular formula is C18H26FIN4S. The molecule has 0 saturated carbocycles. The van der Waals surface area contributed by atoms with E-state index in [0.29, 0.717) is 12.1 Å². The van der Waals surface area contributed by atoms with Crippen LogP contribution in [-0.4, -0.2) is 24.0 Å². The molecule has 1 aromatic carbocycles. The number of aliphatic imine (C=N–C) groups is 1. The van der Waals surface area contributed by atoms with Crippen LogP contribution in [0.5, 0.6) is 0 Å². The van der Waals surface area contributed by atoms with E-state index in [1.165, 1.54) is 10.9 Å². The molecule has 0 aliphatic carbocycles. The van der Waals surface area contributed by atoms with E-state index in [0.717, 1.165) is 41.7 Å². The third-order valence-corrected chi connectivity index (χ3v) is 4.82. The third kappa shape index (κ3) is 6.89. The summed E-state index contributed by atoms with van der Waals surface area (Å²) in [6.07, 6.45) is 0.874. The number of benzene rings is 1. The van der Waals surface area contributed by atoms with E-state index in [2.05, 4.69) is 27.5 Å². The standard InChI is InChI=1S/C18H25FN4S.HI/c1-5-20-18(21-9-8-17-23-13(3)14(4)24-17)22-11-15-6-7-16(19)12(2)10-15;/h6-7,10H,5,8-9,11H2,1-4H3,(H2,20,21,22);1H. The molecule has 0 bridgehead atoms. The van der Waals surface area contributed by atoms with Crippen LogP contribution in [0, 0.1) is 26.6 Å². The van der Waals surface area contributed by atoms with Crippen molar-refractivity contribution in [1.82, 2.24) is 15.6 Å². The maximum atomic E-state index is 13.3. The fraction of sp³-hybridized carbons (Fsp3) is 0.444. The van der Waals surface area contributed by atoms with Crippen LogP contribution in [0.4, 0.5) is 4.39 Å². The predicted octanol–water partition coefficient (Wildman–Crippen LogP) is 4.12. The molecule has 1 aromatic heterocycles. The third-order valence-electron chi connectivity index (χ3n) is 3.69. The van der Waals surface area contributed by atoms with Gasteiger partial charge >= 0.3 is 0 Å². The first kappa shape index (κ1) is 21.8. The minimum Gasteiger partial charge on any atom is -0.357 e. The Kier molecular flexibility index (Phi) is 9.34. The lowest BCUT2D eigenvalue weighted by molar-refractivity contribution is 0.617. The van der Waals surface area contributed by atoms with E-state index in [1.807, 2.05) is 19.9 Å². The fourth-order valence-corrected chi connectivity index (χ4v) is 3.18. The number of thiazole rings is 1. The van der Waals surface area contributed by atoms with Crippen molar-refractivity contribution < 1.29 is 4.39 Å². The number of guanidine groups is 1. The highest BCUT2D eigenvalue weighted by Gasteiger charge is 2.04. The number of halogens is 2. The molecule has 0 unspecified atom stereocenters. The molecule has 0 spiro atoms. The molecule has 2 aromatic rings. The molecule has 0 amide bonds. The van der Waals surface area contributed by atoms with Crippen LogP contribution >= 0.6 is 35.3 Å². The van der Waals surface area contributed by atoms with Crippen molar-refractivity contribution in [1.29, 1.82) is 0 Å². The van der Waals surface area contributed by atoms with Gasteiger partial charge in [-0.05, 0) is 44.9 Å². The van der Waals surface area contributed by atoms with Crippen molar-refractivity contribution in [2.24, 2.45) is 4.99 Å². The first-order valence-corrected chi connectivity index (χ1v) is 9.01. The van der Waals surface area contributed by atoms with Gasteiger partial charge in [0.15, 0.2) is 5.96 Å². The van der Waals surface area contributed by atoms with Crippen molar-refractivity contribution in [3.05, 3.63) is 50.7 Å². The highest BCUT2D eigenvalue weighted by molar-refractivity contribution is 14.0. The van der Waals surface area contributed by atoms with Crippen molar-refractivity contribution >= 4 is 41.3 Å². The predicted molar refractivity (Wildman–Crippen MR) is 115 cm³/mol. The van der Waals surface area contributed by atoms with Crippen LogP contribution in [0.1, 0.15) is 33.6 Å². The van der Waals surface area contributed by atoms with E-state index in [4.69, 9.17) is 0 Å². The summed E-state index contributed by atoms with van der Waals surface area (Å²) in [5.41, 5.74) is 2.76.